The van der Waals surface area contributed by atoms with E-state index in [0.717, 1.165) is 17.2 Å². The van der Waals surface area contributed by atoms with Crippen LogP contribution in [-0.2, 0) is 14.3 Å². The number of carbonyl (C=O) groups is 2. The van der Waals surface area contributed by atoms with Crippen LogP contribution < -0.4 is 0 Å². The summed E-state index contributed by atoms with van der Waals surface area (Å²) in [5.41, 5.74) is 0.0385. The molecule has 0 fully saturated rings. The molecule has 0 aliphatic carbocycles. The first-order valence-electron chi connectivity index (χ1n) is 8.66. The van der Waals surface area contributed by atoms with Crippen LogP contribution >= 0.6 is 0 Å². The van der Waals surface area contributed by atoms with Crippen molar-refractivity contribution in [1.29, 1.82) is 0 Å². The molecule has 0 saturated carbocycles. The van der Waals surface area contributed by atoms with Crippen LogP contribution in [0, 0.1) is 11.3 Å². The van der Waals surface area contributed by atoms with E-state index in [0.29, 0.717) is 5.56 Å². The number of carbonyl (C=O) groups excluding carboxylic acids is 2. The topological polar surface area (TPSA) is 52.6 Å². The van der Waals surface area contributed by atoms with E-state index in [1.165, 1.54) is 0 Å². The molecule has 0 amide bonds. The third kappa shape index (κ3) is 5.05. The lowest BCUT2D eigenvalue weighted by Crippen LogP contribution is -2.28. The average molecular weight is 342 g/mol. The molecular formula is C21H26O4. The Morgan fingerprint density at radius 3 is 2.32 bits per heavy atom. The number of esters is 2. The van der Waals surface area contributed by atoms with Crippen LogP contribution in [0.3, 0.4) is 0 Å². The van der Waals surface area contributed by atoms with Crippen molar-refractivity contribution in [3.63, 3.8) is 0 Å². The van der Waals surface area contributed by atoms with E-state index >= 15 is 0 Å². The summed E-state index contributed by atoms with van der Waals surface area (Å²) in [7, 11) is 0. The molecule has 2 aromatic rings. The Morgan fingerprint density at radius 1 is 1.00 bits per heavy atom. The van der Waals surface area contributed by atoms with E-state index < -0.39 is 5.41 Å². The minimum absolute atomic E-state index is 0.0546. The van der Waals surface area contributed by atoms with Gasteiger partial charge in [0.1, 0.15) is 0 Å². The van der Waals surface area contributed by atoms with E-state index in [-0.39, 0.29) is 31.1 Å². The maximum Gasteiger partial charge on any atom is 0.338 e. The largest absolute Gasteiger partial charge is 0.465 e. The van der Waals surface area contributed by atoms with Crippen molar-refractivity contribution < 1.29 is 19.1 Å². The molecule has 0 N–H and O–H groups in total. The van der Waals surface area contributed by atoms with Crippen molar-refractivity contribution in [2.75, 3.05) is 13.2 Å². The normalized spacial score (nSPS) is 12.6. The zero-order valence-electron chi connectivity index (χ0n) is 15.4. The highest BCUT2D eigenvalue weighted by Crippen LogP contribution is 2.22. The summed E-state index contributed by atoms with van der Waals surface area (Å²) in [6.07, 6.45) is 0.719. The van der Waals surface area contributed by atoms with Crippen molar-refractivity contribution in [1.82, 2.24) is 0 Å². The number of benzene rings is 2. The van der Waals surface area contributed by atoms with Gasteiger partial charge in [-0.15, -0.1) is 0 Å². The molecule has 0 aliphatic heterocycles. The third-order valence-electron chi connectivity index (χ3n) is 4.42. The van der Waals surface area contributed by atoms with Crippen LogP contribution in [0.15, 0.2) is 42.5 Å². The number of rotatable bonds is 7. The van der Waals surface area contributed by atoms with Gasteiger partial charge in [-0.1, -0.05) is 44.2 Å². The highest BCUT2D eigenvalue weighted by molar-refractivity contribution is 5.95. The minimum atomic E-state index is -0.485. The molecule has 0 radical (unpaired) electrons. The quantitative estimate of drug-likeness (QED) is 0.689. The number of hydrogen-bond acceptors (Lipinski definition) is 4. The maximum absolute atomic E-state index is 12.2. The number of ether oxygens (including phenoxy) is 2. The highest BCUT2D eigenvalue weighted by atomic mass is 16.5. The minimum Gasteiger partial charge on any atom is -0.465 e. The van der Waals surface area contributed by atoms with E-state index in [4.69, 9.17) is 9.47 Å². The van der Waals surface area contributed by atoms with Crippen LogP contribution in [-0.4, -0.2) is 25.2 Å². The second kappa shape index (κ2) is 8.15. The Balaban J connectivity index is 1.85. The zero-order valence-corrected chi connectivity index (χ0v) is 15.4. The van der Waals surface area contributed by atoms with E-state index in [2.05, 4.69) is 0 Å². The molecule has 1 atom stereocenters. The van der Waals surface area contributed by atoms with Gasteiger partial charge in [0.2, 0.25) is 0 Å². The predicted octanol–water partition coefficient (Wildman–Crippen LogP) is 4.61. The molecule has 0 aliphatic rings. The van der Waals surface area contributed by atoms with Crippen LogP contribution in [0.2, 0.25) is 0 Å². The van der Waals surface area contributed by atoms with Crippen molar-refractivity contribution in [3.05, 3.63) is 48.0 Å². The van der Waals surface area contributed by atoms with Crippen molar-refractivity contribution >= 4 is 22.7 Å². The lowest BCUT2D eigenvalue weighted by atomic mass is 9.91. The van der Waals surface area contributed by atoms with Gasteiger partial charge in [-0.05, 0) is 43.2 Å². The van der Waals surface area contributed by atoms with Crippen LogP contribution in [0.1, 0.15) is 44.5 Å². The van der Waals surface area contributed by atoms with Gasteiger partial charge in [-0.25, -0.2) is 4.79 Å². The van der Waals surface area contributed by atoms with Gasteiger partial charge in [-0.3, -0.25) is 4.79 Å². The van der Waals surface area contributed by atoms with Gasteiger partial charge in [0.25, 0.3) is 0 Å². The molecule has 0 saturated heterocycles. The molecule has 2 rings (SSSR count). The van der Waals surface area contributed by atoms with E-state index in [1.54, 1.807) is 6.07 Å². The first-order chi connectivity index (χ1) is 11.8. The first-order valence-corrected chi connectivity index (χ1v) is 8.66. The SMILES string of the molecule is CCC(C)(C)C(=O)OCC(C)COC(=O)c1ccc2ccccc2c1. The molecule has 25 heavy (non-hydrogen) atoms. The maximum atomic E-state index is 12.2. The van der Waals surface area contributed by atoms with Gasteiger partial charge >= 0.3 is 11.9 Å². The first kappa shape index (κ1) is 19.0. The molecule has 0 aromatic heterocycles. The smallest absolute Gasteiger partial charge is 0.338 e. The Bertz CT molecular complexity index is 748. The fraction of sp³-hybridized carbons (Fsp3) is 0.429. The van der Waals surface area contributed by atoms with Gasteiger partial charge in [0.05, 0.1) is 24.2 Å². The van der Waals surface area contributed by atoms with Gasteiger partial charge in [0, 0.05) is 5.92 Å². The van der Waals surface area contributed by atoms with E-state index in [9.17, 15) is 9.59 Å². The van der Waals surface area contributed by atoms with Crippen molar-refractivity contribution in [2.24, 2.45) is 11.3 Å². The molecule has 1 unspecified atom stereocenters. The molecule has 2 aromatic carbocycles. The lowest BCUT2D eigenvalue weighted by Gasteiger charge is -2.21. The Labute approximate surface area is 149 Å². The standard InChI is InChI=1S/C21H26O4/c1-5-21(3,4)20(23)25-14-15(2)13-24-19(22)18-11-10-16-8-6-7-9-17(16)12-18/h6-12,15H,5,13-14H2,1-4H3. The summed E-state index contributed by atoms with van der Waals surface area (Å²) in [4.78, 5) is 24.2. The Morgan fingerprint density at radius 2 is 1.64 bits per heavy atom. The van der Waals surface area contributed by atoms with Gasteiger partial charge < -0.3 is 9.47 Å². The molecule has 0 heterocycles. The van der Waals surface area contributed by atoms with Crippen LogP contribution in [0.25, 0.3) is 10.8 Å². The summed E-state index contributed by atoms with van der Waals surface area (Å²) in [6.45, 7) is 8.02. The van der Waals surface area contributed by atoms with E-state index in [1.807, 2.05) is 64.1 Å². The predicted molar refractivity (Wildman–Crippen MR) is 98.4 cm³/mol. The zero-order chi connectivity index (χ0) is 18.4. The molecule has 4 nitrogen and oxygen atoms in total. The summed E-state index contributed by atoms with van der Waals surface area (Å²) >= 11 is 0. The Kier molecular flexibility index (Phi) is 6.18. The monoisotopic (exact) mass is 342 g/mol. The average Bonchev–Trinajstić information content (AvgIpc) is 2.63. The van der Waals surface area contributed by atoms with Crippen LogP contribution in [0.5, 0.6) is 0 Å². The van der Waals surface area contributed by atoms with Gasteiger partial charge in [0.15, 0.2) is 0 Å². The second-order valence-electron chi connectivity index (χ2n) is 7.10. The lowest BCUT2D eigenvalue weighted by molar-refractivity contribution is -0.155. The number of fused-ring (bicyclic) bond motifs is 1. The molecule has 134 valence electrons. The second-order valence-corrected chi connectivity index (χ2v) is 7.10. The summed E-state index contributed by atoms with van der Waals surface area (Å²) in [6, 6.07) is 13.4. The summed E-state index contributed by atoms with van der Waals surface area (Å²) in [5.74, 6) is -0.637. The van der Waals surface area contributed by atoms with Crippen molar-refractivity contribution in [3.8, 4) is 0 Å². The van der Waals surface area contributed by atoms with Gasteiger partial charge in [-0.2, -0.15) is 0 Å². The summed E-state index contributed by atoms with van der Waals surface area (Å²) < 4.78 is 10.7. The van der Waals surface area contributed by atoms with Crippen molar-refractivity contribution in [2.45, 2.75) is 34.1 Å². The fourth-order valence-electron chi connectivity index (χ4n) is 2.22. The molecule has 4 heteroatoms. The number of hydrogen-bond donors (Lipinski definition) is 0. The molecular weight excluding hydrogens is 316 g/mol. The fourth-order valence-corrected chi connectivity index (χ4v) is 2.22. The molecule has 0 bridgehead atoms. The third-order valence-corrected chi connectivity index (χ3v) is 4.42. The summed E-state index contributed by atoms with van der Waals surface area (Å²) in [5, 5.41) is 2.08. The highest BCUT2D eigenvalue weighted by Gasteiger charge is 2.27. The molecule has 0 spiro atoms. The Hall–Kier alpha value is -2.36. The van der Waals surface area contributed by atoms with Crippen LogP contribution in [0.4, 0.5) is 0 Å².